The molecule has 296 valence electrons. The minimum Gasteiger partial charge on any atom is -0.391 e. The van der Waals surface area contributed by atoms with Gasteiger partial charge in [-0.3, -0.25) is 0 Å². The third-order valence-corrected chi connectivity index (χ3v) is 9.76. The van der Waals surface area contributed by atoms with E-state index in [2.05, 4.69) is 57.1 Å². The molecule has 0 aromatic carbocycles. The minimum absolute atomic E-state index is 0.257. The number of likely N-dealkylation sites (N-methyl/N-ethyl adjacent to an activating group) is 1. The summed E-state index contributed by atoms with van der Waals surface area (Å²) in [5.41, 5.74) is 6.18. The van der Waals surface area contributed by atoms with Crippen LogP contribution in [0.5, 0.6) is 0 Å². The minimum atomic E-state index is -0.401. The maximum Gasteiger partial charge on any atom is 0.135 e. The third kappa shape index (κ3) is 37.0. The lowest BCUT2D eigenvalue weighted by Gasteiger charge is -2.27. The lowest BCUT2D eigenvalue weighted by molar-refractivity contribution is -0.0820. The van der Waals surface area contributed by atoms with Gasteiger partial charge in [0, 0.05) is 19.8 Å². The van der Waals surface area contributed by atoms with Gasteiger partial charge in [-0.05, 0) is 78.3 Å². The number of hydrogen-bond acceptors (Lipinski definition) is 5. The molecule has 0 amide bonds. The number of nitrogens with two attached hydrogens (primary N) is 1. The van der Waals surface area contributed by atoms with Crippen LogP contribution in [0.15, 0.2) is 24.3 Å². The summed E-state index contributed by atoms with van der Waals surface area (Å²) in [6, 6.07) is 0. The van der Waals surface area contributed by atoms with E-state index in [1.807, 2.05) is 0 Å². The van der Waals surface area contributed by atoms with Crippen molar-refractivity contribution in [2.75, 3.05) is 47.1 Å². The molecule has 2 unspecified atom stereocenters. The predicted octanol–water partition coefficient (Wildman–Crippen LogP) is 12.7. The fraction of sp³-hybridized carbons (Fsp3) is 0.886. The van der Waals surface area contributed by atoms with Crippen LogP contribution in [0.3, 0.4) is 0 Å². The molecule has 50 heavy (non-hydrogen) atoms. The number of nitrogens with zero attached hydrogens (tertiary/aromatic N) is 1. The van der Waals surface area contributed by atoms with Gasteiger partial charge in [0.05, 0.1) is 13.2 Å². The molecule has 0 radical (unpaired) electrons. The highest BCUT2D eigenvalue weighted by Gasteiger charge is 2.26. The van der Waals surface area contributed by atoms with Gasteiger partial charge in [-0.15, -0.1) is 0 Å². The summed E-state index contributed by atoms with van der Waals surface area (Å²) in [5.74, 6) is 0. The second-order valence-electron chi connectivity index (χ2n) is 14.9. The molecule has 6 heteroatoms. The summed E-state index contributed by atoms with van der Waals surface area (Å²) in [5, 5.41) is 0. The zero-order valence-corrected chi connectivity index (χ0v) is 34.8. The summed E-state index contributed by atoms with van der Waals surface area (Å²) in [6.07, 6.45) is 45.3. The van der Waals surface area contributed by atoms with Crippen molar-refractivity contribution in [1.82, 2.24) is 4.90 Å². The van der Waals surface area contributed by atoms with Gasteiger partial charge in [0.1, 0.15) is 17.2 Å². The van der Waals surface area contributed by atoms with Gasteiger partial charge in [0.25, 0.3) is 0 Å². The van der Waals surface area contributed by atoms with Crippen molar-refractivity contribution in [2.45, 2.75) is 206 Å². The summed E-state index contributed by atoms with van der Waals surface area (Å²) in [4.78, 5) is 2.50. The van der Waals surface area contributed by atoms with E-state index in [9.17, 15) is 0 Å². The van der Waals surface area contributed by atoms with Crippen LogP contribution in [-0.2, 0) is 14.2 Å². The molecule has 0 heterocycles. The van der Waals surface area contributed by atoms with Gasteiger partial charge in [-0.2, -0.15) is 0 Å². The molecule has 0 saturated carbocycles. The van der Waals surface area contributed by atoms with Crippen molar-refractivity contribution in [3.63, 3.8) is 0 Å². The Morgan fingerprint density at radius 3 is 1.26 bits per heavy atom. The summed E-state index contributed by atoms with van der Waals surface area (Å²) in [6.45, 7) is 7.90. The van der Waals surface area contributed by atoms with E-state index in [4.69, 9.17) is 32.2 Å². The first-order valence-corrected chi connectivity index (χ1v) is 22.0. The number of thiocarbonyl (C=S) groups is 1. The first kappa shape index (κ1) is 49.2. The van der Waals surface area contributed by atoms with Crippen LogP contribution >= 0.6 is 12.2 Å². The monoisotopic (exact) mass is 723 g/mol. The second-order valence-corrected chi connectivity index (χ2v) is 15.3. The second kappa shape index (κ2) is 41.0. The maximum absolute atomic E-state index is 6.33. The molecule has 0 aromatic rings. The molecule has 0 bridgehead atoms. The van der Waals surface area contributed by atoms with Gasteiger partial charge in [-0.1, -0.05) is 166 Å². The summed E-state index contributed by atoms with van der Waals surface area (Å²) in [7, 11) is 4.11. The Balaban J connectivity index is 4.11. The van der Waals surface area contributed by atoms with Crippen LogP contribution in [0.25, 0.3) is 0 Å². The molecule has 0 aliphatic rings. The molecule has 0 aliphatic carbocycles. The Morgan fingerprint density at radius 2 is 0.880 bits per heavy atom. The quantitative estimate of drug-likeness (QED) is 0.0385. The van der Waals surface area contributed by atoms with Crippen LogP contribution in [0.4, 0.5) is 0 Å². The van der Waals surface area contributed by atoms with Crippen molar-refractivity contribution in [3.8, 4) is 0 Å². The van der Waals surface area contributed by atoms with Crippen LogP contribution in [0, 0.1) is 0 Å². The molecule has 0 fully saturated rings. The Bertz CT molecular complexity index is 745. The van der Waals surface area contributed by atoms with Gasteiger partial charge >= 0.3 is 0 Å². The van der Waals surface area contributed by atoms with Gasteiger partial charge < -0.3 is 24.8 Å². The summed E-state index contributed by atoms with van der Waals surface area (Å²) < 4.78 is 18.6. The predicted molar refractivity (Wildman–Crippen MR) is 225 cm³/mol. The standard InChI is InChI=1S/C44H86N2O3S/c1-5-7-9-11-13-15-17-19-21-23-25-27-29-31-33-35-38-48-42(41-47-40-37-46(3)4)43(44(45)50)49-39-36-34-32-30-28-26-24-22-20-18-16-14-12-10-8-6-2/h19-22,42-43H,5-18,23-41H2,1-4H3,(H2,45,50)/b21-19-,22-20-. The molecule has 0 spiro atoms. The number of hydrogen-bond donors (Lipinski definition) is 1. The van der Waals surface area contributed by atoms with Crippen molar-refractivity contribution in [2.24, 2.45) is 5.73 Å². The first-order valence-electron chi connectivity index (χ1n) is 21.6. The zero-order valence-electron chi connectivity index (χ0n) is 34.0. The van der Waals surface area contributed by atoms with Crippen molar-refractivity contribution in [1.29, 1.82) is 0 Å². The van der Waals surface area contributed by atoms with Gasteiger partial charge in [-0.25, -0.2) is 0 Å². The molecule has 5 nitrogen and oxygen atoms in total. The van der Waals surface area contributed by atoms with E-state index in [0.29, 0.717) is 31.4 Å². The Labute approximate surface area is 318 Å². The fourth-order valence-corrected chi connectivity index (χ4v) is 6.41. The number of allylic oxidation sites excluding steroid dienone is 4. The molecule has 2 atom stereocenters. The molecule has 0 aromatic heterocycles. The number of ether oxygens (including phenoxy) is 3. The Morgan fingerprint density at radius 1 is 0.520 bits per heavy atom. The van der Waals surface area contributed by atoms with E-state index < -0.39 is 6.10 Å². The molecule has 0 aliphatic heterocycles. The van der Waals surface area contributed by atoms with Crippen LogP contribution < -0.4 is 5.73 Å². The first-order chi connectivity index (χ1) is 24.5. The Kier molecular flexibility index (Phi) is 40.3. The van der Waals surface area contributed by atoms with Crippen molar-refractivity contribution < 1.29 is 14.2 Å². The highest BCUT2D eigenvalue weighted by Crippen LogP contribution is 2.14. The molecule has 0 rings (SSSR count). The van der Waals surface area contributed by atoms with Gasteiger partial charge in [0.2, 0.25) is 0 Å². The largest absolute Gasteiger partial charge is 0.391 e. The average Bonchev–Trinajstić information content (AvgIpc) is 3.10. The van der Waals surface area contributed by atoms with E-state index >= 15 is 0 Å². The van der Waals surface area contributed by atoms with Crippen LogP contribution in [-0.4, -0.2) is 69.2 Å². The van der Waals surface area contributed by atoms with Crippen LogP contribution in [0.1, 0.15) is 194 Å². The smallest absolute Gasteiger partial charge is 0.135 e. The fourth-order valence-electron chi connectivity index (χ4n) is 6.19. The van der Waals surface area contributed by atoms with Gasteiger partial charge in [0.15, 0.2) is 0 Å². The average molecular weight is 723 g/mol. The zero-order chi connectivity index (χ0) is 36.6. The molecular weight excluding hydrogens is 637 g/mol. The number of rotatable bonds is 41. The molecule has 0 saturated heterocycles. The maximum atomic E-state index is 6.33. The van der Waals surface area contributed by atoms with Crippen LogP contribution in [0.2, 0.25) is 0 Å². The van der Waals surface area contributed by atoms with E-state index in [0.717, 1.165) is 19.4 Å². The molecule has 2 N–H and O–H groups in total. The normalized spacial score (nSPS) is 13.3. The van der Waals surface area contributed by atoms with Crippen molar-refractivity contribution in [3.05, 3.63) is 24.3 Å². The summed E-state index contributed by atoms with van der Waals surface area (Å²) >= 11 is 5.45. The topological polar surface area (TPSA) is 57.0 Å². The number of unbranched alkanes of at least 4 members (excludes halogenated alkanes) is 24. The highest BCUT2D eigenvalue weighted by atomic mass is 32.1. The lowest BCUT2D eigenvalue weighted by atomic mass is 10.1. The van der Waals surface area contributed by atoms with Crippen molar-refractivity contribution >= 4 is 17.2 Å². The highest BCUT2D eigenvalue weighted by molar-refractivity contribution is 7.80. The SMILES string of the molecule is CCCCCCCC/C=C\CCCCCCCCOC(COCCN(C)C)C(OCCCCCCCC/C=C\CCCCCCCC)C(N)=S. The lowest BCUT2D eigenvalue weighted by Crippen LogP contribution is -2.44. The Hall–Kier alpha value is -0.790. The third-order valence-electron chi connectivity index (χ3n) is 9.52. The van der Waals surface area contributed by atoms with E-state index in [-0.39, 0.29) is 6.10 Å². The molecular formula is C44H86N2O3S. The van der Waals surface area contributed by atoms with E-state index in [1.54, 1.807) is 0 Å². The van der Waals surface area contributed by atoms with E-state index in [1.165, 1.54) is 167 Å².